The van der Waals surface area contributed by atoms with Gasteiger partial charge in [-0.3, -0.25) is 14.7 Å². The van der Waals surface area contributed by atoms with Crippen LogP contribution in [0.1, 0.15) is 16.8 Å². The number of nitrogens with one attached hydrogen (secondary N) is 2. The number of benzene rings is 1. The zero-order valence-corrected chi connectivity index (χ0v) is 10.7. The largest absolute Gasteiger partial charge is 0.310 e. The van der Waals surface area contributed by atoms with Crippen LogP contribution in [0, 0.1) is 6.92 Å². The van der Waals surface area contributed by atoms with E-state index in [-0.39, 0.29) is 0 Å². The predicted molar refractivity (Wildman–Crippen MR) is 71.3 cm³/mol. The number of rotatable bonds is 3. The Morgan fingerprint density at radius 1 is 1.17 bits per heavy atom. The van der Waals surface area contributed by atoms with E-state index in [4.69, 9.17) is 11.6 Å². The van der Waals surface area contributed by atoms with Crippen molar-refractivity contribution in [2.75, 3.05) is 0 Å². The van der Waals surface area contributed by atoms with Gasteiger partial charge in [-0.05, 0) is 30.9 Å². The minimum atomic E-state index is -0.632. The average Bonchev–Trinajstić information content (AvgIpc) is 2.35. The topological polar surface area (TPSA) is 65.7 Å². The maximum Gasteiger partial charge on any atom is 0.310 e. The minimum absolute atomic E-state index is 0.529. The van der Waals surface area contributed by atoms with E-state index in [1.165, 1.54) is 6.07 Å². The molecule has 0 aliphatic heterocycles. The number of aromatic amines is 2. The molecule has 0 spiro atoms. The first-order valence-corrected chi connectivity index (χ1v) is 6.00. The number of aromatic nitrogens is 2. The zero-order valence-electron chi connectivity index (χ0n) is 9.92. The molecule has 0 saturated carbocycles. The lowest BCUT2D eigenvalue weighted by atomic mass is 10.1. The summed E-state index contributed by atoms with van der Waals surface area (Å²) in [5.74, 6) is 0. The van der Waals surface area contributed by atoms with Crippen LogP contribution in [-0.4, -0.2) is 10.2 Å². The van der Waals surface area contributed by atoms with Crippen molar-refractivity contribution in [2.45, 2.75) is 19.8 Å². The lowest BCUT2D eigenvalue weighted by Crippen LogP contribution is -2.27. The van der Waals surface area contributed by atoms with Gasteiger partial charge in [0.15, 0.2) is 0 Å². The quantitative estimate of drug-likeness (QED) is 0.831. The lowest BCUT2D eigenvalue weighted by molar-refractivity contribution is 0.838. The average molecular weight is 265 g/mol. The third-order valence-corrected chi connectivity index (χ3v) is 3.34. The van der Waals surface area contributed by atoms with Crippen LogP contribution >= 0.6 is 11.6 Å². The van der Waals surface area contributed by atoms with E-state index in [9.17, 15) is 9.59 Å². The van der Waals surface area contributed by atoms with E-state index in [0.29, 0.717) is 18.5 Å². The predicted octanol–water partition coefficient (Wildman–Crippen LogP) is 1.81. The molecule has 94 valence electrons. The summed E-state index contributed by atoms with van der Waals surface area (Å²) in [7, 11) is 0. The van der Waals surface area contributed by atoms with Crippen molar-refractivity contribution in [3.63, 3.8) is 0 Å². The number of hydrogen-bond acceptors (Lipinski definition) is 2. The smallest absolute Gasteiger partial charge is 0.302 e. The van der Waals surface area contributed by atoms with Crippen LogP contribution in [0.3, 0.4) is 0 Å². The molecule has 0 aliphatic rings. The van der Waals surface area contributed by atoms with Crippen molar-refractivity contribution in [3.05, 3.63) is 66.7 Å². The molecule has 5 heteroatoms. The SMILES string of the molecule is Cc1cccc(CCc2cc(=O)c(=O)[nH][nH]2)c1Cl. The van der Waals surface area contributed by atoms with Crippen molar-refractivity contribution in [1.29, 1.82) is 0 Å². The van der Waals surface area contributed by atoms with Crippen molar-refractivity contribution in [3.8, 4) is 0 Å². The molecule has 0 atom stereocenters. The van der Waals surface area contributed by atoms with Gasteiger partial charge in [0.1, 0.15) is 0 Å². The molecular weight excluding hydrogens is 252 g/mol. The Morgan fingerprint density at radius 3 is 2.67 bits per heavy atom. The van der Waals surface area contributed by atoms with Crippen LogP contribution in [0.5, 0.6) is 0 Å². The zero-order chi connectivity index (χ0) is 13.1. The fourth-order valence-corrected chi connectivity index (χ4v) is 1.98. The number of halogens is 1. The summed E-state index contributed by atoms with van der Waals surface area (Å²) >= 11 is 6.19. The maximum absolute atomic E-state index is 11.2. The van der Waals surface area contributed by atoms with Crippen molar-refractivity contribution in [1.82, 2.24) is 10.2 Å². The number of aryl methyl sites for hydroxylation is 3. The molecule has 2 aromatic rings. The van der Waals surface area contributed by atoms with Gasteiger partial charge in [0.2, 0.25) is 5.43 Å². The van der Waals surface area contributed by atoms with Crippen molar-refractivity contribution < 1.29 is 0 Å². The second-order valence-electron chi connectivity index (χ2n) is 4.16. The van der Waals surface area contributed by atoms with E-state index in [2.05, 4.69) is 10.2 Å². The van der Waals surface area contributed by atoms with Gasteiger partial charge in [0.25, 0.3) is 0 Å². The van der Waals surface area contributed by atoms with Crippen molar-refractivity contribution in [2.24, 2.45) is 0 Å². The minimum Gasteiger partial charge on any atom is -0.302 e. The Balaban J connectivity index is 2.16. The van der Waals surface area contributed by atoms with E-state index < -0.39 is 11.0 Å². The van der Waals surface area contributed by atoms with Crippen LogP contribution in [0.4, 0.5) is 0 Å². The Morgan fingerprint density at radius 2 is 1.94 bits per heavy atom. The van der Waals surface area contributed by atoms with E-state index in [0.717, 1.165) is 16.1 Å². The molecule has 0 unspecified atom stereocenters. The Kier molecular flexibility index (Phi) is 3.67. The van der Waals surface area contributed by atoms with Crippen LogP contribution in [-0.2, 0) is 12.8 Å². The molecule has 4 nitrogen and oxygen atoms in total. The molecule has 0 fully saturated rings. The first-order chi connectivity index (χ1) is 8.58. The molecule has 0 saturated heterocycles. The highest BCUT2D eigenvalue weighted by Crippen LogP contribution is 2.21. The summed E-state index contributed by atoms with van der Waals surface area (Å²) in [6.07, 6.45) is 1.33. The summed E-state index contributed by atoms with van der Waals surface area (Å²) in [5, 5.41) is 5.76. The second-order valence-corrected chi connectivity index (χ2v) is 4.54. The third-order valence-electron chi connectivity index (χ3n) is 2.80. The Labute approximate surface area is 109 Å². The summed E-state index contributed by atoms with van der Waals surface area (Å²) in [4.78, 5) is 22.1. The summed E-state index contributed by atoms with van der Waals surface area (Å²) in [5.41, 5.74) is 1.59. The third kappa shape index (κ3) is 2.71. The highest BCUT2D eigenvalue weighted by Gasteiger charge is 2.04. The van der Waals surface area contributed by atoms with Crippen LogP contribution in [0.2, 0.25) is 5.02 Å². The first kappa shape index (κ1) is 12.6. The summed E-state index contributed by atoms with van der Waals surface area (Å²) < 4.78 is 0. The molecule has 0 radical (unpaired) electrons. The van der Waals surface area contributed by atoms with E-state index >= 15 is 0 Å². The maximum atomic E-state index is 11.2. The lowest BCUT2D eigenvalue weighted by Gasteiger charge is -2.06. The molecule has 2 rings (SSSR count). The fourth-order valence-electron chi connectivity index (χ4n) is 1.76. The Bertz CT molecular complexity index is 673. The number of H-pyrrole nitrogens is 2. The fraction of sp³-hybridized carbons (Fsp3) is 0.231. The monoisotopic (exact) mass is 264 g/mol. The van der Waals surface area contributed by atoms with Crippen LogP contribution in [0.15, 0.2) is 33.9 Å². The van der Waals surface area contributed by atoms with E-state index in [1.54, 1.807) is 0 Å². The van der Waals surface area contributed by atoms with Gasteiger partial charge in [-0.25, -0.2) is 0 Å². The van der Waals surface area contributed by atoms with Crippen LogP contribution in [0.25, 0.3) is 0 Å². The highest BCUT2D eigenvalue weighted by atomic mass is 35.5. The van der Waals surface area contributed by atoms with Gasteiger partial charge in [0.05, 0.1) is 0 Å². The molecule has 0 amide bonds. The second kappa shape index (κ2) is 5.23. The molecule has 1 aromatic carbocycles. The Hall–Kier alpha value is -1.81. The molecule has 1 heterocycles. The normalized spacial score (nSPS) is 10.6. The molecular formula is C13H13ClN2O2. The molecule has 0 bridgehead atoms. The van der Waals surface area contributed by atoms with Gasteiger partial charge in [-0.1, -0.05) is 29.8 Å². The molecule has 0 aliphatic carbocycles. The van der Waals surface area contributed by atoms with Crippen LogP contribution < -0.4 is 11.0 Å². The molecule has 1 aromatic heterocycles. The summed E-state index contributed by atoms with van der Waals surface area (Å²) in [6, 6.07) is 7.18. The van der Waals surface area contributed by atoms with Gasteiger partial charge in [-0.2, -0.15) is 0 Å². The van der Waals surface area contributed by atoms with E-state index in [1.807, 2.05) is 25.1 Å². The van der Waals surface area contributed by atoms with Crippen molar-refractivity contribution >= 4 is 11.6 Å². The first-order valence-electron chi connectivity index (χ1n) is 5.63. The molecule has 18 heavy (non-hydrogen) atoms. The standard InChI is InChI=1S/C13H13ClN2O2/c1-8-3-2-4-9(12(8)14)5-6-10-7-11(17)13(18)16-15-10/h2-4,7H,5-6H2,1H3,(H,15,17)(H,16,18). The number of hydrogen-bond donors (Lipinski definition) is 2. The van der Waals surface area contributed by atoms with Gasteiger partial charge < -0.3 is 5.10 Å². The highest BCUT2D eigenvalue weighted by molar-refractivity contribution is 6.32. The summed E-state index contributed by atoms with van der Waals surface area (Å²) in [6.45, 7) is 1.95. The molecule has 2 N–H and O–H groups in total. The van der Waals surface area contributed by atoms with Gasteiger partial charge in [-0.15, -0.1) is 0 Å². The van der Waals surface area contributed by atoms with Gasteiger partial charge >= 0.3 is 5.56 Å². The van der Waals surface area contributed by atoms with Gasteiger partial charge in [0, 0.05) is 16.8 Å².